The van der Waals surface area contributed by atoms with Gasteiger partial charge in [-0.1, -0.05) is 12.1 Å². The van der Waals surface area contributed by atoms with Crippen molar-refractivity contribution in [3.05, 3.63) is 23.8 Å². The Hall–Kier alpha value is -0.870. The first kappa shape index (κ1) is 14.5. The molecule has 0 aromatic heterocycles. The highest BCUT2D eigenvalue weighted by Crippen LogP contribution is 2.34. The lowest BCUT2D eigenvalue weighted by Crippen LogP contribution is -2.24. The standard InChI is InChI=1S/C15H22O3S/c1-11(16)9-12-5-3-7-14(17-2)15(12)18-13-6-4-8-19-10-13/h3,5,7,11,13,16H,4,6,8-10H2,1-2H3. The summed E-state index contributed by atoms with van der Waals surface area (Å²) in [6, 6.07) is 5.86. The average molecular weight is 282 g/mol. The molecule has 2 atom stereocenters. The van der Waals surface area contributed by atoms with E-state index in [0.29, 0.717) is 6.42 Å². The summed E-state index contributed by atoms with van der Waals surface area (Å²) in [5, 5.41) is 9.60. The molecule has 19 heavy (non-hydrogen) atoms. The molecule has 1 saturated heterocycles. The topological polar surface area (TPSA) is 38.7 Å². The van der Waals surface area contributed by atoms with Gasteiger partial charge in [0.1, 0.15) is 6.10 Å². The summed E-state index contributed by atoms with van der Waals surface area (Å²) in [4.78, 5) is 0. The zero-order chi connectivity index (χ0) is 13.7. The minimum absolute atomic E-state index is 0.253. The van der Waals surface area contributed by atoms with Crippen LogP contribution in [0, 0.1) is 0 Å². The number of para-hydroxylation sites is 1. The maximum Gasteiger partial charge on any atom is 0.164 e. The normalized spacial score (nSPS) is 20.9. The van der Waals surface area contributed by atoms with Gasteiger partial charge in [0.2, 0.25) is 0 Å². The van der Waals surface area contributed by atoms with Crippen molar-refractivity contribution in [2.75, 3.05) is 18.6 Å². The van der Waals surface area contributed by atoms with Crippen LogP contribution >= 0.6 is 11.8 Å². The minimum atomic E-state index is -0.379. The summed E-state index contributed by atoms with van der Waals surface area (Å²) >= 11 is 1.94. The van der Waals surface area contributed by atoms with Crippen LogP contribution in [-0.2, 0) is 6.42 Å². The minimum Gasteiger partial charge on any atom is -0.493 e. The Balaban J connectivity index is 2.18. The number of hydrogen-bond acceptors (Lipinski definition) is 4. The van der Waals surface area contributed by atoms with Crippen molar-refractivity contribution < 1.29 is 14.6 Å². The van der Waals surface area contributed by atoms with Crippen LogP contribution in [0.3, 0.4) is 0 Å². The van der Waals surface area contributed by atoms with Crippen LogP contribution in [0.1, 0.15) is 25.3 Å². The zero-order valence-electron chi connectivity index (χ0n) is 11.6. The Bertz CT molecular complexity index is 400. The molecule has 1 aromatic carbocycles. The number of aliphatic hydroxyl groups is 1. The number of aliphatic hydroxyl groups excluding tert-OH is 1. The second-order valence-electron chi connectivity index (χ2n) is 4.96. The third-order valence-corrected chi connectivity index (χ3v) is 4.38. The molecule has 3 nitrogen and oxygen atoms in total. The fourth-order valence-electron chi connectivity index (χ4n) is 2.31. The first-order valence-electron chi connectivity index (χ1n) is 6.79. The van der Waals surface area contributed by atoms with Gasteiger partial charge in [0.25, 0.3) is 0 Å². The van der Waals surface area contributed by atoms with E-state index in [1.165, 1.54) is 12.2 Å². The molecule has 2 unspecified atom stereocenters. The lowest BCUT2D eigenvalue weighted by atomic mass is 10.1. The molecule has 1 aromatic rings. The van der Waals surface area contributed by atoms with E-state index in [1.54, 1.807) is 14.0 Å². The number of methoxy groups -OCH3 is 1. The quantitative estimate of drug-likeness (QED) is 0.901. The molecule has 0 radical (unpaired) electrons. The van der Waals surface area contributed by atoms with Gasteiger partial charge in [-0.3, -0.25) is 0 Å². The van der Waals surface area contributed by atoms with E-state index < -0.39 is 0 Å². The van der Waals surface area contributed by atoms with Crippen LogP contribution in [0.25, 0.3) is 0 Å². The fraction of sp³-hybridized carbons (Fsp3) is 0.600. The zero-order valence-corrected chi connectivity index (χ0v) is 12.4. The van der Waals surface area contributed by atoms with Gasteiger partial charge >= 0.3 is 0 Å². The van der Waals surface area contributed by atoms with E-state index in [0.717, 1.165) is 29.2 Å². The van der Waals surface area contributed by atoms with Gasteiger partial charge in [0.05, 0.1) is 13.2 Å². The van der Waals surface area contributed by atoms with E-state index >= 15 is 0 Å². The Kier molecular flexibility index (Phi) is 5.40. The molecule has 0 amide bonds. The molecule has 2 rings (SSSR count). The molecule has 0 spiro atoms. The number of hydrogen-bond donors (Lipinski definition) is 1. The lowest BCUT2D eigenvalue weighted by molar-refractivity contribution is 0.182. The van der Waals surface area contributed by atoms with Crippen molar-refractivity contribution in [1.29, 1.82) is 0 Å². The molecular weight excluding hydrogens is 260 g/mol. The first-order chi connectivity index (χ1) is 9.20. The molecule has 0 aliphatic carbocycles. The smallest absolute Gasteiger partial charge is 0.164 e. The third-order valence-electron chi connectivity index (χ3n) is 3.20. The van der Waals surface area contributed by atoms with Gasteiger partial charge in [-0.2, -0.15) is 11.8 Å². The maximum atomic E-state index is 9.60. The molecule has 1 N–H and O–H groups in total. The largest absolute Gasteiger partial charge is 0.493 e. The monoisotopic (exact) mass is 282 g/mol. The molecule has 1 aliphatic heterocycles. The molecule has 0 bridgehead atoms. The van der Waals surface area contributed by atoms with Gasteiger partial charge in [-0.15, -0.1) is 0 Å². The molecule has 1 aliphatic rings. The van der Waals surface area contributed by atoms with Gasteiger partial charge in [0.15, 0.2) is 11.5 Å². The molecule has 4 heteroatoms. The van der Waals surface area contributed by atoms with Gasteiger partial charge < -0.3 is 14.6 Å². The van der Waals surface area contributed by atoms with E-state index in [-0.39, 0.29) is 12.2 Å². The highest BCUT2D eigenvalue weighted by molar-refractivity contribution is 7.99. The second-order valence-corrected chi connectivity index (χ2v) is 6.11. The highest BCUT2D eigenvalue weighted by Gasteiger charge is 2.20. The first-order valence-corrected chi connectivity index (χ1v) is 7.94. The van der Waals surface area contributed by atoms with Crippen LogP contribution in [0.2, 0.25) is 0 Å². The van der Waals surface area contributed by atoms with Gasteiger partial charge in [-0.25, -0.2) is 0 Å². The predicted octanol–water partition coefficient (Wildman–Crippen LogP) is 2.89. The molecular formula is C15H22O3S. The Morgan fingerprint density at radius 1 is 1.47 bits per heavy atom. The van der Waals surface area contributed by atoms with Crippen LogP contribution < -0.4 is 9.47 Å². The van der Waals surface area contributed by atoms with E-state index in [2.05, 4.69) is 0 Å². The van der Waals surface area contributed by atoms with Crippen molar-refractivity contribution in [3.63, 3.8) is 0 Å². The predicted molar refractivity (Wildman–Crippen MR) is 79.4 cm³/mol. The van der Waals surface area contributed by atoms with Gasteiger partial charge in [0, 0.05) is 17.7 Å². The number of ether oxygens (including phenoxy) is 2. The van der Waals surface area contributed by atoms with E-state index in [1.807, 2.05) is 30.0 Å². The lowest BCUT2D eigenvalue weighted by Gasteiger charge is -2.25. The van der Waals surface area contributed by atoms with Crippen molar-refractivity contribution >= 4 is 11.8 Å². The van der Waals surface area contributed by atoms with Crippen molar-refractivity contribution in [2.45, 2.75) is 38.4 Å². The van der Waals surface area contributed by atoms with Crippen molar-refractivity contribution in [3.8, 4) is 11.5 Å². The van der Waals surface area contributed by atoms with Gasteiger partial charge in [-0.05, 0) is 31.6 Å². The average Bonchev–Trinajstić information content (AvgIpc) is 2.41. The van der Waals surface area contributed by atoms with Crippen LogP contribution in [-0.4, -0.2) is 35.9 Å². The summed E-state index contributed by atoms with van der Waals surface area (Å²) in [7, 11) is 1.66. The third kappa shape index (κ3) is 4.05. The summed E-state index contributed by atoms with van der Waals surface area (Å²) in [6.07, 6.45) is 2.76. The van der Waals surface area contributed by atoms with Crippen molar-refractivity contribution in [2.24, 2.45) is 0 Å². The summed E-state index contributed by atoms with van der Waals surface area (Å²) < 4.78 is 11.5. The summed E-state index contributed by atoms with van der Waals surface area (Å²) in [5.74, 6) is 3.82. The fourth-order valence-corrected chi connectivity index (χ4v) is 3.34. The molecule has 1 fully saturated rings. The SMILES string of the molecule is COc1cccc(CC(C)O)c1OC1CCCSC1. The Morgan fingerprint density at radius 3 is 2.95 bits per heavy atom. The number of benzene rings is 1. The Morgan fingerprint density at radius 2 is 2.32 bits per heavy atom. The highest BCUT2D eigenvalue weighted by atomic mass is 32.2. The molecule has 106 valence electrons. The van der Waals surface area contributed by atoms with Crippen LogP contribution in [0.4, 0.5) is 0 Å². The van der Waals surface area contributed by atoms with Crippen LogP contribution in [0.5, 0.6) is 11.5 Å². The summed E-state index contributed by atoms with van der Waals surface area (Å²) in [6.45, 7) is 1.79. The van der Waals surface area contributed by atoms with Crippen molar-refractivity contribution in [1.82, 2.24) is 0 Å². The number of thioether (sulfide) groups is 1. The summed E-state index contributed by atoms with van der Waals surface area (Å²) in [5.41, 5.74) is 1.02. The van der Waals surface area contributed by atoms with E-state index in [9.17, 15) is 5.11 Å². The maximum absolute atomic E-state index is 9.60. The molecule has 0 saturated carbocycles. The Labute approximate surface area is 119 Å². The van der Waals surface area contributed by atoms with E-state index in [4.69, 9.17) is 9.47 Å². The number of rotatable bonds is 5. The van der Waals surface area contributed by atoms with Crippen LogP contribution in [0.15, 0.2) is 18.2 Å². The molecule has 1 heterocycles. The second kappa shape index (κ2) is 7.06.